The van der Waals surface area contributed by atoms with Crippen LogP contribution in [0.25, 0.3) is 0 Å². The summed E-state index contributed by atoms with van der Waals surface area (Å²) in [5.41, 5.74) is 4.17. The average Bonchev–Trinajstić information content (AvgIpc) is 2.59. The lowest BCUT2D eigenvalue weighted by Gasteiger charge is -2.13. The maximum atomic E-state index is 13.3. The van der Waals surface area contributed by atoms with Crippen molar-refractivity contribution >= 4 is 5.96 Å². The Bertz CT molecular complexity index is 708. The zero-order valence-corrected chi connectivity index (χ0v) is 15.4. The predicted octanol–water partition coefficient (Wildman–Crippen LogP) is 3.06. The molecule has 0 aliphatic heterocycles. The second-order valence-electron chi connectivity index (χ2n) is 6.42. The Morgan fingerprint density at radius 2 is 1.52 bits per heavy atom. The van der Waals surface area contributed by atoms with E-state index in [1.165, 1.54) is 17.2 Å². The second kappa shape index (κ2) is 9.18. The summed E-state index contributed by atoms with van der Waals surface area (Å²) in [6.45, 7) is 4.01. The Morgan fingerprint density at radius 1 is 0.960 bits per heavy atom. The topological polar surface area (TPSA) is 39.7 Å². The minimum absolute atomic E-state index is 0.177. The van der Waals surface area contributed by atoms with Gasteiger partial charge in [0.2, 0.25) is 0 Å². The lowest BCUT2D eigenvalue weighted by atomic mass is 10.1. The van der Waals surface area contributed by atoms with Crippen LogP contribution in [0.1, 0.15) is 22.3 Å². The van der Waals surface area contributed by atoms with Gasteiger partial charge in [-0.15, -0.1) is 0 Å². The smallest absolute Gasteiger partial charge is 0.191 e. The highest BCUT2D eigenvalue weighted by Gasteiger charge is 2.02. The van der Waals surface area contributed by atoms with Gasteiger partial charge in [0.15, 0.2) is 5.96 Å². The Kier molecular flexibility index (Phi) is 6.95. The molecule has 0 saturated heterocycles. The van der Waals surface area contributed by atoms with E-state index in [0.29, 0.717) is 18.7 Å². The summed E-state index contributed by atoms with van der Waals surface area (Å²) in [5.74, 6) is 0.545. The monoisotopic (exact) mass is 342 g/mol. The fourth-order valence-electron chi connectivity index (χ4n) is 2.54. The van der Waals surface area contributed by atoms with Crippen molar-refractivity contribution in [2.24, 2.45) is 4.99 Å². The molecule has 134 valence electrons. The van der Waals surface area contributed by atoms with E-state index in [1.807, 2.05) is 6.07 Å². The van der Waals surface area contributed by atoms with Crippen molar-refractivity contribution in [2.75, 3.05) is 21.1 Å². The van der Waals surface area contributed by atoms with Gasteiger partial charge in [-0.25, -0.2) is 4.39 Å². The number of rotatable bonds is 6. The standard InChI is InChI=1S/C20H27FN4/c1-15-11-18(9-10-19(15)21)13-24-20(22-2)23-12-16-5-7-17(8-6-16)14-25(3)4/h5-11H,12-14H2,1-4H3,(H2,22,23,24). The Hall–Kier alpha value is -2.40. The van der Waals surface area contributed by atoms with E-state index < -0.39 is 0 Å². The molecule has 0 atom stereocenters. The van der Waals surface area contributed by atoms with E-state index in [9.17, 15) is 4.39 Å². The molecular weight excluding hydrogens is 315 g/mol. The number of guanidine groups is 1. The van der Waals surface area contributed by atoms with E-state index in [-0.39, 0.29) is 5.82 Å². The van der Waals surface area contributed by atoms with Gasteiger partial charge in [0, 0.05) is 26.7 Å². The summed E-state index contributed by atoms with van der Waals surface area (Å²) in [7, 11) is 5.87. The maximum Gasteiger partial charge on any atom is 0.191 e. The van der Waals surface area contributed by atoms with Crippen molar-refractivity contribution in [3.63, 3.8) is 0 Å². The number of hydrogen-bond acceptors (Lipinski definition) is 2. The molecule has 0 spiro atoms. The van der Waals surface area contributed by atoms with Crippen LogP contribution in [-0.4, -0.2) is 32.0 Å². The van der Waals surface area contributed by atoms with E-state index in [4.69, 9.17) is 0 Å². The summed E-state index contributed by atoms with van der Waals surface area (Å²) in [4.78, 5) is 6.38. The Labute approximate surface area is 149 Å². The Morgan fingerprint density at radius 3 is 2.08 bits per heavy atom. The van der Waals surface area contributed by atoms with Crippen LogP contribution in [0.2, 0.25) is 0 Å². The summed E-state index contributed by atoms with van der Waals surface area (Å²) in [6, 6.07) is 13.7. The van der Waals surface area contributed by atoms with Crippen LogP contribution >= 0.6 is 0 Å². The van der Waals surface area contributed by atoms with Crippen LogP contribution < -0.4 is 10.6 Å². The first-order chi connectivity index (χ1) is 12.0. The van der Waals surface area contributed by atoms with Crippen molar-refractivity contribution in [1.29, 1.82) is 0 Å². The van der Waals surface area contributed by atoms with Crippen LogP contribution in [0, 0.1) is 12.7 Å². The van der Waals surface area contributed by atoms with E-state index in [0.717, 1.165) is 18.1 Å². The molecular formula is C20H27FN4. The van der Waals surface area contributed by atoms with Gasteiger partial charge in [-0.2, -0.15) is 0 Å². The molecule has 0 amide bonds. The second-order valence-corrected chi connectivity index (χ2v) is 6.42. The molecule has 25 heavy (non-hydrogen) atoms. The van der Waals surface area contributed by atoms with Gasteiger partial charge < -0.3 is 15.5 Å². The zero-order valence-electron chi connectivity index (χ0n) is 15.4. The minimum Gasteiger partial charge on any atom is -0.352 e. The molecule has 0 heterocycles. The van der Waals surface area contributed by atoms with E-state index >= 15 is 0 Å². The van der Waals surface area contributed by atoms with Crippen LogP contribution in [0.15, 0.2) is 47.5 Å². The molecule has 0 fully saturated rings. The average molecular weight is 342 g/mol. The van der Waals surface area contributed by atoms with Crippen molar-refractivity contribution in [3.8, 4) is 0 Å². The largest absolute Gasteiger partial charge is 0.352 e. The molecule has 2 aromatic rings. The van der Waals surface area contributed by atoms with Crippen LogP contribution in [-0.2, 0) is 19.6 Å². The molecule has 0 bridgehead atoms. The summed E-state index contributed by atoms with van der Waals surface area (Å²) in [5, 5.41) is 6.55. The van der Waals surface area contributed by atoms with Crippen molar-refractivity contribution in [3.05, 3.63) is 70.5 Å². The molecule has 4 nitrogen and oxygen atoms in total. The maximum absolute atomic E-state index is 13.3. The molecule has 0 unspecified atom stereocenters. The van der Waals surface area contributed by atoms with E-state index in [1.54, 1.807) is 20.0 Å². The third kappa shape index (κ3) is 6.19. The first-order valence-electron chi connectivity index (χ1n) is 8.40. The number of aryl methyl sites for hydroxylation is 1. The number of benzene rings is 2. The van der Waals surface area contributed by atoms with Crippen molar-refractivity contribution in [2.45, 2.75) is 26.6 Å². The highest BCUT2D eigenvalue weighted by atomic mass is 19.1. The lowest BCUT2D eigenvalue weighted by molar-refractivity contribution is 0.402. The number of nitrogens with zero attached hydrogens (tertiary/aromatic N) is 2. The first-order valence-corrected chi connectivity index (χ1v) is 8.40. The zero-order chi connectivity index (χ0) is 18.2. The summed E-state index contributed by atoms with van der Waals surface area (Å²) in [6.07, 6.45) is 0. The van der Waals surface area contributed by atoms with Crippen molar-refractivity contribution in [1.82, 2.24) is 15.5 Å². The quantitative estimate of drug-likeness (QED) is 0.626. The van der Waals surface area contributed by atoms with Gasteiger partial charge >= 0.3 is 0 Å². The van der Waals surface area contributed by atoms with Crippen molar-refractivity contribution < 1.29 is 4.39 Å². The third-order valence-electron chi connectivity index (χ3n) is 3.89. The fraction of sp³-hybridized carbons (Fsp3) is 0.350. The van der Waals surface area contributed by atoms with Crippen LogP contribution in [0.4, 0.5) is 4.39 Å². The predicted molar refractivity (Wildman–Crippen MR) is 102 cm³/mol. The van der Waals surface area contributed by atoms with Crippen LogP contribution in [0.3, 0.4) is 0 Å². The van der Waals surface area contributed by atoms with Gasteiger partial charge in [-0.1, -0.05) is 36.4 Å². The molecule has 5 heteroatoms. The lowest BCUT2D eigenvalue weighted by Crippen LogP contribution is -2.36. The fourth-order valence-corrected chi connectivity index (χ4v) is 2.54. The van der Waals surface area contributed by atoms with Gasteiger partial charge in [0.25, 0.3) is 0 Å². The van der Waals surface area contributed by atoms with Crippen LogP contribution in [0.5, 0.6) is 0 Å². The first kappa shape index (κ1) is 18.9. The number of aliphatic imine (C=N–C) groups is 1. The van der Waals surface area contributed by atoms with Gasteiger partial charge in [-0.05, 0) is 49.3 Å². The Balaban J connectivity index is 1.84. The third-order valence-corrected chi connectivity index (χ3v) is 3.89. The molecule has 2 rings (SSSR count). The molecule has 0 aliphatic rings. The molecule has 0 aromatic heterocycles. The molecule has 0 saturated carbocycles. The molecule has 2 aromatic carbocycles. The minimum atomic E-state index is -0.177. The summed E-state index contributed by atoms with van der Waals surface area (Å²) < 4.78 is 13.3. The van der Waals surface area contributed by atoms with Gasteiger partial charge in [0.05, 0.1) is 0 Å². The highest BCUT2D eigenvalue weighted by Crippen LogP contribution is 2.09. The highest BCUT2D eigenvalue weighted by molar-refractivity contribution is 5.79. The summed E-state index contributed by atoms with van der Waals surface area (Å²) >= 11 is 0. The number of halogens is 1. The van der Waals surface area contributed by atoms with E-state index in [2.05, 4.69) is 58.9 Å². The van der Waals surface area contributed by atoms with Gasteiger partial charge in [0.1, 0.15) is 5.82 Å². The molecule has 0 aliphatic carbocycles. The molecule has 2 N–H and O–H groups in total. The number of nitrogens with one attached hydrogen (secondary N) is 2. The normalized spacial score (nSPS) is 11.7. The molecule has 0 radical (unpaired) electrons. The SMILES string of the molecule is CN=C(NCc1ccc(CN(C)C)cc1)NCc1ccc(F)c(C)c1. The number of hydrogen-bond donors (Lipinski definition) is 2. The van der Waals surface area contributed by atoms with Gasteiger partial charge in [-0.3, -0.25) is 4.99 Å².